The van der Waals surface area contributed by atoms with Gasteiger partial charge in [-0.05, 0) is 48.9 Å². The van der Waals surface area contributed by atoms with Crippen LogP contribution in [0.5, 0.6) is 0 Å². The van der Waals surface area contributed by atoms with Crippen LogP contribution in [0.15, 0.2) is 0 Å². The minimum absolute atomic E-state index is 0.435. The molecule has 0 aromatic heterocycles. The molecule has 0 aromatic rings. The normalized spacial score (nSPS) is 44.1. The number of hydrogen-bond acceptors (Lipinski definition) is 1. The van der Waals surface area contributed by atoms with Gasteiger partial charge in [-0.2, -0.15) is 0 Å². The zero-order valence-corrected chi connectivity index (χ0v) is 11.0. The van der Waals surface area contributed by atoms with Gasteiger partial charge in [0.1, 0.15) is 0 Å². The van der Waals surface area contributed by atoms with Crippen LogP contribution in [0.4, 0.5) is 0 Å². The summed E-state index contributed by atoms with van der Waals surface area (Å²) in [7, 11) is 0. The van der Waals surface area contributed by atoms with Gasteiger partial charge in [0.05, 0.1) is 0 Å². The van der Waals surface area contributed by atoms with Crippen molar-refractivity contribution in [3.05, 3.63) is 0 Å². The lowest BCUT2D eigenvalue weighted by Gasteiger charge is -2.49. The van der Waals surface area contributed by atoms with Gasteiger partial charge in [-0.3, -0.25) is 0 Å². The molecule has 2 aliphatic carbocycles. The van der Waals surface area contributed by atoms with Gasteiger partial charge in [0.2, 0.25) is 0 Å². The van der Waals surface area contributed by atoms with Crippen LogP contribution in [-0.2, 0) is 0 Å². The fourth-order valence-corrected chi connectivity index (χ4v) is 4.60. The molecule has 16 heavy (non-hydrogen) atoms. The predicted molar refractivity (Wildman–Crippen MR) is 68.2 cm³/mol. The molecule has 2 fully saturated rings. The van der Waals surface area contributed by atoms with E-state index in [-0.39, 0.29) is 0 Å². The molecule has 0 aliphatic heterocycles. The largest absolute Gasteiger partial charge is 0.396 e. The maximum absolute atomic E-state index is 9.56. The van der Waals surface area contributed by atoms with Crippen molar-refractivity contribution in [3.8, 4) is 0 Å². The number of hydrogen-bond donors (Lipinski definition) is 1. The van der Waals surface area contributed by atoms with Gasteiger partial charge < -0.3 is 5.11 Å². The summed E-state index contributed by atoms with van der Waals surface area (Å²) < 4.78 is 0. The Morgan fingerprint density at radius 1 is 1.12 bits per heavy atom. The molecule has 0 aromatic carbocycles. The van der Waals surface area contributed by atoms with Gasteiger partial charge in [0.15, 0.2) is 0 Å². The second-order valence-corrected chi connectivity index (χ2v) is 6.22. The summed E-state index contributed by atoms with van der Waals surface area (Å²) >= 11 is 0. The van der Waals surface area contributed by atoms with E-state index in [1.165, 1.54) is 44.9 Å². The van der Waals surface area contributed by atoms with Crippen molar-refractivity contribution < 1.29 is 5.11 Å². The predicted octanol–water partition coefficient (Wildman–Crippen LogP) is 3.86. The molecule has 0 radical (unpaired) electrons. The third kappa shape index (κ3) is 2.30. The second kappa shape index (κ2) is 5.53. The summed E-state index contributed by atoms with van der Waals surface area (Å²) in [5.74, 6) is 4.21. The van der Waals surface area contributed by atoms with Crippen molar-refractivity contribution in [1.29, 1.82) is 0 Å². The molecular formula is C15H28O. The molecule has 5 atom stereocenters. The molecule has 2 aliphatic rings. The van der Waals surface area contributed by atoms with Crippen molar-refractivity contribution in [2.24, 2.45) is 29.6 Å². The minimum atomic E-state index is 0.435. The number of fused-ring (bicyclic) bond motifs is 1. The zero-order chi connectivity index (χ0) is 11.5. The molecule has 0 spiro atoms. The SMILES string of the molecule is CCC[C@@H]1C(C)CC(CO)C2CCCCC21. The van der Waals surface area contributed by atoms with Crippen LogP contribution in [0.3, 0.4) is 0 Å². The topological polar surface area (TPSA) is 20.2 Å². The van der Waals surface area contributed by atoms with Gasteiger partial charge in [-0.25, -0.2) is 0 Å². The average Bonchev–Trinajstić information content (AvgIpc) is 2.32. The molecular weight excluding hydrogens is 196 g/mol. The van der Waals surface area contributed by atoms with Gasteiger partial charge in [-0.1, -0.05) is 39.5 Å². The van der Waals surface area contributed by atoms with E-state index >= 15 is 0 Å². The summed E-state index contributed by atoms with van der Waals surface area (Å²) in [6.45, 7) is 5.18. The van der Waals surface area contributed by atoms with E-state index in [2.05, 4.69) is 13.8 Å². The van der Waals surface area contributed by atoms with Crippen molar-refractivity contribution in [2.45, 2.75) is 58.8 Å². The lowest BCUT2D eigenvalue weighted by atomic mass is 9.57. The van der Waals surface area contributed by atoms with Gasteiger partial charge >= 0.3 is 0 Å². The van der Waals surface area contributed by atoms with Crippen LogP contribution in [0, 0.1) is 29.6 Å². The molecule has 2 saturated carbocycles. The fourth-order valence-electron chi connectivity index (χ4n) is 4.60. The summed E-state index contributed by atoms with van der Waals surface area (Å²) in [5.41, 5.74) is 0. The lowest BCUT2D eigenvalue weighted by molar-refractivity contribution is -0.0140. The highest BCUT2D eigenvalue weighted by Gasteiger charge is 2.42. The monoisotopic (exact) mass is 224 g/mol. The highest BCUT2D eigenvalue weighted by atomic mass is 16.3. The van der Waals surface area contributed by atoms with Crippen LogP contribution in [0.2, 0.25) is 0 Å². The molecule has 0 amide bonds. The minimum Gasteiger partial charge on any atom is -0.396 e. The Morgan fingerprint density at radius 3 is 2.44 bits per heavy atom. The van der Waals surface area contributed by atoms with Crippen LogP contribution in [-0.4, -0.2) is 11.7 Å². The third-order valence-corrected chi connectivity index (χ3v) is 5.29. The molecule has 0 saturated heterocycles. The highest BCUT2D eigenvalue weighted by molar-refractivity contribution is 4.92. The lowest BCUT2D eigenvalue weighted by Crippen LogP contribution is -2.42. The van der Waals surface area contributed by atoms with E-state index in [0.717, 1.165) is 23.7 Å². The van der Waals surface area contributed by atoms with Crippen LogP contribution >= 0.6 is 0 Å². The Kier molecular flexibility index (Phi) is 4.29. The van der Waals surface area contributed by atoms with Crippen LogP contribution in [0.1, 0.15) is 58.8 Å². The van der Waals surface area contributed by atoms with E-state index in [0.29, 0.717) is 12.5 Å². The average molecular weight is 224 g/mol. The first-order valence-electron chi connectivity index (χ1n) is 7.38. The zero-order valence-electron chi connectivity index (χ0n) is 11.0. The Labute approximate surface area is 101 Å². The third-order valence-electron chi connectivity index (χ3n) is 5.29. The molecule has 0 bridgehead atoms. The first-order valence-corrected chi connectivity index (χ1v) is 7.38. The number of aliphatic hydroxyl groups excluding tert-OH is 1. The van der Waals surface area contributed by atoms with Crippen molar-refractivity contribution in [3.63, 3.8) is 0 Å². The summed E-state index contributed by atoms with van der Waals surface area (Å²) in [5, 5.41) is 9.56. The molecule has 1 heteroatoms. The van der Waals surface area contributed by atoms with E-state index in [9.17, 15) is 5.11 Å². The molecule has 0 heterocycles. The first kappa shape index (κ1) is 12.4. The first-order chi connectivity index (χ1) is 7.77. The Balaban J connectivity index is 2.10. The summed E-state index contributed by atoms with van der Waals surface area (Å²) in [4.78, 5) is 0. The Morgan fingerprint density at radius 2 is 1.81 bits per heavy atom. The number of aliphatic hydroxyl groups is 1. The van der Waals surface area contributed by atoms with Crippen molar-refractivity contribution in [1.82, 2.24) is 0 Å². The van der Waals surface area contributed by atoms with E-state index < -0.39 is 0 Å². The smallest absolute Gasteiger partial charge is 0.0462 e. The van der Waals surface area contributed by atoms with Gasteiger partial charge in [0, 0.05) is 6.61 Å². The molecule has 94 valence electrons. The van der Waals surface area contributed by atoms with Crippen LogP contribution < -0.4 is 0 Å². The maximum Gasteiger partial charge on any atom is 0.0462 e. The van der Waals surface area contributed by atoms with Crippen molar-refractivity contribution in [2.75, 3.05) is 6.61 Å². The highest BCUT2D eigenvalue weighted by Crippen LogP contribution is 2.50. The van der Waals surface area contributed by atoms with E-state index in [1.54, 1.807) is 0 Å². The second-order valence-electron chi connectivity index (χ2n) is 6.22. The Bertz CT molecular complexity index is 209. The number of rotatable bonds is 3. The van der Waals surface area contributed by atoms with Crippen LogP contribution in [0.25, 0.3) is 0 Å². The maximum atomic E-state index is 9.56. The molecule has 2 rings (SSSR count). The molecule has 1 N–H and O–H groups in total. The van der Waals surface area contributed by atoms with E-state index in [4.69, 9.17) is 0 Å². The molecule has 4 unspecified atom stereocenters. The standard InChI is InChI=1S/C15H28O/c1-3-6-13-11(2)9-12(10-16)14-7-4-5-8-15(13)14/h11-16H,3-10H2,1-2H3/t11?,12?,13-,14?,15?/m1/s1. The Hall–Kier alpha value is -0.0400. The van der Waals surface area contributed by atoms with E-state index in [1.807, 2.05) is 0 Å². The van der Waals surface area contributed by atoms with Gasteiger partial charge in [-0.15, -0.1) is 0 Å². The summed E-state index contributed by atoms with van der Waals surface area (Å²) in [6, 6.07) is 0. The fraction of sp³-hybridized carbons (Fsp3) is 1.00. The quantitative estimate of drug-likeness (QED) is 0.772. The molecule has 1 nitrogen and oxygen atoms in total. The van der Waals surface area contributed by atoms with Crippen molar-refractivity contribution >= 4 is 0 Å². The van der Waals surface area contributed by atoms with Gasteiger partial charge in [0.25, 0.3) is 0 Å². The summed E-state index contributed by atoms with van der Waals surface area (Å²) in [6.07, 6.45) is 9.71.